The van der Waals surface area contributed by atoms with Crippen LogP contribution in [0.3, 0.4) is 0 Å². The number of ether oxygens (including phenoxy) is 1. The Labute approximate surface area is 121 Å². The summed E-state index contributed by atoms with van der Waals surface area (Å²) in [5.41, 5.74) is 0.987. The number of methoxy groups -OCH3 is 1. The number of rotatable bonds is 9. The lowest BCUT2D eigenvalue weighted by Gasteiger charge is -2.30. The Morgan fingerprint density at radius 2 is 2.20 bits per heavy atom. The predicted octanol–water partition coefficient (Wildman–Crippen LogP) is 1.84. The molecule has 1 unspecified atom stereocenters. The molecule has 1 aromatic heterocycles. The molecule has 20 heavy (non-hydrogen) atoms. The predicted molar refractivity (Wildman–Crippen MR) is 80.8 cm³/mol. The minimum absolute atomic E-state index is 0.513. The van der Waals surface area contributed by atoms with Gasteiger partial charge in [-0.25, -0.2) is 4.98 Å². The first-order valence-corrected chi connectivity index (χ1v) is 7.53. The first kappa shape index (κ1) is 15.2. The highest BCUT2D eigenvalue weighted by Gasteiger charge is 2.32. The van der Waals surface area contributed by atoms with Crippen molar-refractivity contribution in [1.29, 1.82) is 0 Å². The second-order valence-corrected chi connectivity index (χ2v) is 5.41. The van der Waals surface area contributed by atoms with Crippen molar-refractivity contribution in [2.45, 2.75) is 39.3 Å². The Kier molecular flexibility index (Phi) is 5.73. The van der Waals surface area contributed by atoms with Crippen LogP contribution in [0.5, 0.6) is 0 Å². The van der Waals surface area contributed by atoms with E-state index in [-0.39, 0.29) is 0 Å². The summed E-state index contributed by atoms with van der Waals surface area (Å²) in [4.78, 5) is 11.4. The van der Waals surface area contributed by atoms with E-state index in [1.54, 1.807) is 7.11 Å². The first-order chi connectivity index (χ1) is 9.76. The molecule has 1 aliphatic rings. The van der Waals surface area contributed by atoms with Crippen LogP contribution >= 0.6 is 0 Å². The Hall–Kier alpha value is -1.20. The molecule has 1 N–H and O–H groups in total. The number of hydrogen-bond donors (Lipinski definition) is 1. The Bertz CT molecular complexity index is 391. The molecule has 2 rings (SSSR count). The molecular formula is C15H26N4O. The summed E-state index contributed by atoms with van der Waals surface area (Å²) in [6.07, 6.45) is 6.42. The summed E-state index contributed by atoms with van der Waals surface area (Å²) in [6.45, 7) is 7.68. The SMILES string of the molecule is CCNCc1cnc(N(CCOC)C(C)C2CC2)cn1. The van der Waals surface area contributed by atoms with Gasteiger partial charge < -0.3 is 15.0 Å². The Morgan fingerprint density at radius 1 is 1.40 bits per heavy atom. The van der Waals surface area contributed by atoms with Crippen molar-refractivity contribution in [2.24, 2.45) is 5.92 Å². The van der Waals surface area contributed by atoms with Gasteiger partial charge in [-0.05, 0) is 32.2 Å². The molecule has 0 amide bonds. The van der Waals surface area contributed by atoms with E-state index < -0.39 is 0 Å². The molecule has 0 aliphatic heterocycles. The molecule has 112 valence electrons. The van der Waals surface area contributed by atoms with Crippen molar-refractivity contribution < 1.29 is 4.74 Å². The van der Waals surface area contributed by atoms with Crippen LogP contribution in [-0.4, -0.2) is 42.8 Å². The van der Waals surface area contributed by atoms with Gasteiger partial charge in [0.15, 0.2) is 0 Å². The van der Waals surface area contributed by atoms with Crippen LogP contribution in [0.2, 0.25) is 0 Å². The highest BCUT2D eigenvalue weighted by Crippen LogP contribution is 2.36. The fourth-order valence-corrected chi connectivity index (χ4v) is 2.39. The van der Waals surface area contributed by atoms with E-state index in [1.165, 1.54) is 12.8 Å². The van der Waals surface area contributed by atoms with Gasteiger partial charge in [0, 0.05) is 26.2 Å². The molecule has 1 atom stereocenters. The van der Waals surface area contributed by atoms with E-state index in [4.69, 9.17) is 4.74 Å². The van der Waals surface area contributed by atoms with Crippen LogP contribution in [-0.2, 0) is 11.3 Å². The largest absolute Gasteiger partial charge is 0.383 e. The normalized spacial score (nSPS) is 16.1. The maximum absolute atomic E-state index is 5.22. The molecule has 1 aliphatic carbocycles. The van der Waals surface area contributed by atoms with Crippen molar-refractivity contribution in [2.75, 3.05) is 31.7 Å². The van der Waals surface area contributed by atoms with Crippen molar-refractivity contribution in [3.63, 3.8) is 0 Å². The third kappa shape index (κ3) is 4.15. The van der Waals surface area contributed by atoms with Crippen molar-refractivity contribution in [3.8, 4) is 0 Å². The second-order valence-electron chi connectivity index (χ2n) is 5.41. The first-order valence-electron chi connectivity index (χ1n) is 7.53. The van der Waals surface area contributed by atoms with Gasteiger partial charge in [0.1, 0.15) is 5.82 Å². The molecule has 1 heterocycles. The monoisotopic (exact) mass is 278 g/mol. The Balaban J connectivity index is 2.02. The molecule has 0 aromatic carbocycles. The highest BCUT2D eigenvalue weighted by atomic mass is 16.5. The van der Waals surface area contributed by atoms with Crippen LogP contribution in [0, 0.1) is 5.92 Å². The van der Waals surface area contributed by atoms with Crippen LogP contribution in [0.4, 0.5) is 5.82 Å². The standard InChI is InChI=1S/C15H26N4O/c1-4-16-9-14-10-18-15(11-17-14)19(7-8-20-3)12(2)13-5-6-13/h10-13,16H,4-9H2,1-3H3. The van der Waals surface area contributed by atoms with Crippen molar-refractivity contribution in [3.05, 3.63) is 18.1 Å². The average molecular weight is 278 g/mol. The fourth-order valence-electron chi connectivity index (χ4n) is 2.39. The average Bonchev–Trinajstić information content (AvgIpc) is 3.31. The van der Waals surface area contributed by atoms with Gasteiger partial charge >= 0.3 is 0 Å². The third-order valence-corrected chi connectivity index (χ3v) is 3.87. The minimum atomic E-state index is 0.513. The number of nitrogens with zero attached hydrogens (tertiary/aromatic N) is 3. The van der Waals surface area contributed by atoms with Crippen molar-refractivity contribution >= 4 is 5.82 Å². The zero-order valence-electron chi connectivity index (χ0n) is 12.8. The van der Waals surface area contributed by atoms with Gasteiger partial charge in [-0.3, -0.25) is 4.98 Å². The highest BCUT2D eigenvalue weighted by molar-refractivity contribution is 5.38. The maximum atomic E-state index is 5.22. The molecule has 0 spiro atoms. The smallest absolute Gasteiger partial charge is 0.147 e. The lowest BCUT2D eigenvalue weighted by atomic mass is 10.2. The van der Waals surface area contributed by atoms with Gasteiger partial charge in [0.25, 0.3) is 0 Å². The molecule has 0 radical (unpaired) electrons. The number of anilines is 1. The second kappa shape index (κ2) is 7.55. The summed E-state index contributed by atoms with van der Waals surface area (Å²) in [5.74, 6) is 1.76. The molecule has 0 saturated heterocycles. The number of aromatic nitrogens is 2. The number of nitrogens with one attached hydrogen (secondary N) is 1. The van der Waals surface area contributed by atoms with Crippen molar-refractivity contribution in [1.82, 2.24) is 15.3 Å². The lowest BCUT2D eigenvalue weighted by Crippen LogP contribution is -2.38. The number of hydrogen-bond acceptors (Lipinski definition) is 5. The third-order valence-electron chi connectivity index (χ3n) is 3.87. The molecular weight excluding hydrogens is 252 g/mol. The van der Waals surface area contributed by atoms with Crippen LogP contribution in [0.1, 0.15) is 32.4 Å². The summed E-state index contributed by atoms with van der Waals surface area (Å²) >= 11 is 0. The summed E-state index contributed by atoms with van der Waals surface area (Å²) < 4.78 is 5.22. The van der Waals surface area contributed by atoms with Crippen LogP contribution < -0.4 is 10.2 Å². The molecule has 1 fully saturated rings. The zero-order valence-corrected chi connectivity index (χ0v) is 12.8. The van der Waals surface area contributed by atoms with Gasteiger partial charge in [0.2, 0.25) is 0 Å². The molecule has 0 bridgehead atoms. The lowest BCUT2D eigenvalue weighted by molar-refractivity contribution is 0.202. The molecule has 1 saturated carbocycles. The molecule has 1 aromatic rings. The van der Waals surface area contributed by atoms with E-state index in [2.05, 4.69) is 34.0 Å². The van der Waals surface area contributed by atoms with E-state index in [0.717, 1.165) is 43.7 Å². The van der Waals surface area contributed by atoms with Gasteiger partial charge in [-0.2, -0.15) is 0 Å². The summed E-state index contributed by atoms with van der Waals surface area (Å²) in [7, 11) is 1.74. The van der Waals surface area contributed by atoms with Gasteiger partial charge in [0.05, 0.1) is 24.7 Å². The minimum Gasteiger partial charge on any atom is -0.383 e. The molecule has 5 heteroatoms. The summed E-state index contributed by atoms with van der Waals surface area (Å²) in [6, 6.07) is 0.513. The van der Waals surface area contributed by atoms with Gasteiger partial charge in [-0.15, -0.1) is 0 Å². The van der Waals surface area contributed by atoms with E-state index in [1.807, 2.05) is 12.4 Å². The zero-order chi connectivity index (χ0) is 14.4. The maximum Gasteiger partial charge on any atom is 0.147 e. The van der Waals surface area contributed by atoms with Gasteiger partial charge in [-0.1, -0.05) is 6.92 Å². The molecule has 5 nitrogen and oxygen atoms in total. The topological polar surface area (TPSA) is 50.3 Å². The Morgan fingerprint density at radius 3 is 2.75 bits per heavy atom. The van der Waals surface area contributed by atoms with Crippen LogP contribution in [0.25, 0.3) is 0 Å². The van der Waals surface area contributed by atoms with E-state index in [0.29, 0.717) is 6.04 Å². The summed E-state index contributed by atoms with van der Waals surface area (Å²) in [5, 5.41) is 3.26. The quantitative estimate of drug-likeness (QED) is 0.747. The van der Waals surface area contributed by atoms with E-state index >= 15 is 0 Å². The van der Waals surface area contributed by atoms with E-state index in [9.17, 15) is 0 Å². The van der Waals surface area contributed by atoms with Crippen LogP contribution in [0.15, 0.2) is 12.4 Å². The fraction of sp³-hybridized carbons (Fsp3) is 0.733.